The standard InChI is InChI=1S/C15H19N3O2S/c1-15(2,3)20-14(19)18-6-4-10-8-11(9-16)13(21)17-12(10)5-7-18/h8H,4-7H2,1-3H3,(H,17,21). The quantitative estimate of drug-likeness (QED) is 0.748. The van der Waals surface area contributed by atoms with Crippen LogP contribution < -0.4 is 0 Å². The van der Waals surface area contributed by atoms with Crippen LogP contribution in [0, 0.1) is 16.0 Å². The number of aromatic nitrogens is 1. The second-order valence-corrected chi connectivity index (χ2v) is 6.50. The number of amides is 1. The largest absolute Gasteiger partial charge is 0.444 e. The molecule has 0 saturated heterocycles. The molecule has 1 N–H and O–H groups in total. The highest BCUT2D eigenvalue weighted by atomic mass is 32.1. The van der Waals surface area contributed by atoms with Crippen molar-refractivity contribution >= 4 is 18.3 Å². The maximum absolute atomic E-state index is 12.1. The summed E-state index contributed by atoms with van der Waals surface area (Å²) in [6.45, 7) is 6.73. The topological polar surface area (TPSA) is 69.1 Å². The Labute approximate surface area is 129 Å². The SMILES string of the molecule is CC(C)(C)OC(=O)N1CCc2cc(C#N)c(=S)[nH]c2CC1. The third-order valence-electron chi connectivity index (χ3n) is 3.27. The highest BCUT2D eigenvalue weighted by Crippen LogP contribution is 2.18. The molecule has 5 nitrogen and oxygen atoms in total. The number of nitrogens with zero attached hydrogens (tertiary/aromatic N) is 2. The Hall–Kier alpha value is -1.87. The van der Waals surface area contributed by atoms with Gasteiger partial charge in [-0.15, -0.1) is 0 Å². The lowest BCUT2D eigenvalue weighted by molar-refractivity contribution is 0.0258. The Morgan fingerprint density at radius 2 is 2.10 bits per heavy atom. The first-order chi connectivity index (χ1) is 9.80. The minimum absolute atomic E-state index is 0.297. The Kier molecular flexibility index (Phi) is 4.33. The van der Waals surface area contributed by atoms with E-state index in [0.29, 0.717) is 36.1 Å². The van der Waals surface area contributed by atoms with Crippen LogP contribution in [0.25, 0.3) is 0 Å². The van der Waals surface area contributed by atoms with Gasteiger partial charge in [0.15, 0.2) is 0 Å². The lowest BCUT2D eigenvalue weighted by atomic mass is 10.1. The molecule has 0 atom stereocenters. The first-order valence-electron chi connectivity index (χ1n) is 6.93. The number of ether oxygens (including phenoxy) is 1. The Bertz CT molecular complexity index is 652. The van der Waals surface area contributed by atoms with Gasteiger partial charge in [0.25, 0.3) is 0 Å². The zero-order chi connectivity index (χ0) is 15.6. The molecule has 0 aliphatic carbocycles. The number of hydrogen-bond acceptors (Lipinski definition) is 4. The molecule has 1 aliphatic rings. The van der Waals surface area contributed by atoms with Crippen LogP contribution in [0.5, 0.6) is 0 Å². The van der Waals surface area contributed by atoms with Crippen molar-refractivity contribution in [1.82, 2.24) is 9.88 Å². The number of rotatable bonds is 0. The fourth-order valence-electron chi connectivity index (χ4n) is 2.26. The number of carbonyl (C=O) groups is 1. The molecule has 112 valence electrons. The summed E-state index contributed by atoms with van der Waals surface area (Å²) in [5.41, 5.74) is 2.04. The van der Waals surface area contributed by atoms with E-state index in [1.165, 1.54) is 0 Å². The molecule has 6 heteroatoms. The van der Waals surface area contributed by atoms with Gasteiger partial charge in [0.2, 0.25) is 0 Å². The molecule has 0 spiro atoms. The van der Waals surface area contributed by atoms with Crippen LogP contribution in [0.2, 0.25) is 0 Å². The fraction of sp³-hybridized carbons (Fsp3) is 0.533. The van der Waals surface area contributed by atoms with Crippen molar-refractivity contribution in [2.75, 3.05) is 13.1 Å². The Morgan fingerprint density at radius 3 is 2.71 bits per heavy atom. The summed E-state index contributed by atoms with van der Waals surface area (Å²) in [5.74, 6) is 0. The van der Waals surface area contributed by atoms with Gasteiger partial charge in [-0.05, 0) is 38.8 Å². The molecule has 0 aromatic carbocycles. The van der Waals surface area contributed by atoms with Gasteiger partial charge in [-0.1, -0.05) is 12.2 Å². The van der Waals surface area contributed by atoms with E-state index in [-0.39, 0.29) is 6.09 Å². The first-order valence-corrected chi connectivity index (χ1v) is 7.34. The van der Waals surface area contributed by atoms with Gasteiger partial charge >= 0.3 is 6.09 Å². The van der Waals surface area contributed by atoms with Crippen LogP contribution in [0.15, 0.2) is 6.07 Å². The number of H-pyrrole nitrogens is 1. The highest BCUT2D eigenvalue weighted by molar-refractivity contribution is 7.71. The van der Waals surface area contributed by atoms with Crippen molar-refractivity contribution in [3.63, 3.8) is 0 Å². The number of carbonyl (C=O) groups excluding carboxylic acids is 1. The van der Waals surface area contributed by atoms with E-state index >= 15 is 0 Å². The normalized spacial score (nSPS) is 14.9. The summed E-state index contributed by atoms with van der Waals surface area (Å²) >= 11 is 5.15. The molecule has 0 fully saturated rings. The molecule has 1 aromatic rings. The van der Waals surface area contributed by atoms with Crippen molar-refractivity contribution in [1.29, 1.82) is 5.26 Å². The number of fused-ring (bicyclic) bond motifs is 1. The van der Waals surface area contributed by atoms with Crippen LogP contribution in [-0.4, -0.2) is 34.7 Å². The van der Waals surface area contributed by atoms with Gasteiger partial charge in [-0.2, -0.15) is 5.26 Å². The third-order valence-corrected chi connectivity index (χ3v) is 3.59. The monoisotopic (exact) mass is 305 g/mol. The molecular formula is C15H19N3O2S. The summed E-state index contributed by atoms with van der Waals surface area (Å²) in [6.07, 6.45) is 1.08. The first kappa shape index (κ1) is 15.5. The molecular weight excluding hydrogens is 286 g/mol. The van der Waals surface area contributed by atoms with Crippen LogP contribution in [0.3, 0.4) is 0 Å². The van der Waals surface area contributed by atoms with Crippen LogP contribution in [-0.2, 0) is 17.6 Å². The van der Waals surface area contributed by atoms with E-state index in [9.17, 15) is 4.79 Å². The molecule has 0 saturated carbocycles. The molecule has 1 aromatic heterocycles. The van der Waals surface area contributed by atoms with E-state index in [1.54, 1.807) is 4.90 Å². The summed E-state index contributed by atoms with van der Waals surface area (Å²) in [5, 5.41) is 9.04. The zero-order valence-corrected chi connectivity index (χ0v) is 13.3. The lowest BCUT2D eigenvalue weighted by Crippen LogP contribution is -2.38. The lowest BCUT2D eigenvalue weighted by Gasteiger charge is -2.26. The average Bonchev–Trinajstić information content (AvgIpc) is 2.57. The summed E-state index contributed by atoms with van der Waals surface area (Å²) < 4.78 is 5.86. The Morgan fingerprint density at radius 1 is 1.43 bits per heavy atom. The number of aromatic amines is 1. The van der Waals surface area contributed by atoms with Gasteiger partial charge < -0.3 is 14.6 Å². The minimum Gasteiger partial charge on any atom is -0.444 e. The fourth-order valence-corrected chi connectivity index (χ4v) is 2.49. The van der Waals surface area contributed by atoms with Crippen molar-refractivity contribution < 1.29 is 9.53 Å². The summed E-state index contributed by atoms with van der Waals surface area (Å²) in [4.78, 5) is 16.9. The average molecular weight is 305 g/mol. The Balaban J connectivity index is 2.16. The van der Waals surface area contributed by atoms with Crippen molar-refractivity contribution in [3.05, 3.63) is 27.5 Å². The second-order valence-electron chi connectivity index (χ2n) is 6.10. The van der Waals surface area contributed by atoms with Crippen LogP contribution >= 0.6 is 12.2 Å². The molecule has 1 aliphatic heterocycles. The number of hydrogen-bond donors (Lipinski definition) is 1. The molecule has 0 bridgehead atoms. The predicted molar refractivity (Wildman–Crippen MR) is 81.6 cm³/mol. The zero-order valence-electron chi connectivity index (χ0n) is 12.5. The van der Waals surface area contributed by atoms with E-state index < -0.39 is 5.60 Å². The molecule has 2 heterocycles. The molecule has 2 rings (SSSR count). The van der Waals surface area contributed by atoms with Crippen LogP contribution in [0.4, 0.5) is 4.79 Å². The predicted octanol–water partition coefficient (Wildman–Crippen LogP) is 2.95. The van der Waals surface area contributed by atoms with Gasteiger partial charge in [0.05, 0.1) is 5.56 Å². The van der Waals surface area contributed by atoms with Crippen molar-refractivity contribution in [2.45, 2.75) is 39.2 Å². The van der Waals surface area contributed by atoms with Gasteiger partial charge in [-0.3, -0.25) is 0 Å². The summed E-state index contributed by atoms with van der Waals surface area (Å²) in [6, 6.07) is 3.92. The van der Waals surface area contributed by atoms with E-state index in [0.717, 1.165) is 11.3 Å². The van der Waals surface area contributed by atoms with Gasteiger partial charge in [0.1, 0.15) is 16.3 Å². The van der Waals surface area contributed by atoms with Crippen molar-refractivity contribution in [2.24, 2.45) is 0 Å². The second kappa shape index (κ2) is 5.86. The number of nitrogens with one attached hydrogen (secondary N) is 1. The van der Waals surface area contributed by atoms with E-state index in [1.807, 2.05) is 26.8 Å². The van der Waals surface area contributed by atoms with E-state index in [2.05, 4.69) is 11.1 Å². The molecule has 1 amide bonds. The smallest absolute Gasteiger partial charge is 0.410 e. The van der Waals surface area contributed by atoms with Crippen molar-refractivity contribution in [3.8, 4) is 6.07 Å². The highest BCUT2D eigenvalue weighted by Gasteiger charge is 2.24. The van der Waals surface area contributed by atoms with E-state index in [4.69, 9.17) is 22.2 Å². The van der Waals surface area contributed by atoms with Gasteiger partial charge in [-0.25, -0.2) is 4.79 Å². The number of nitriles is 1. The number of pyridine rings is 1. The molecule has 21 heavy (non-hydrogen) atoms. The van der Waals surface area contributed by atoms with Gasteiger partial charge in [0, 0.05) is 25.2 Å². The minimum atomic E-state index is -0.496. The molecule has 0 unspecified atom stereocenters. The summed E-state index contributed by atoms with van der Waals surface area (Å²) in [7, 11) is 0. The van der Waals surface area contributed by atoms with Crippen LogP contribution in [0.1, 0.15) is 37.6 Å². The third kappa shape index (κ3) is 3.82. The molecule has 0 radical (unpaired) electrons. The maximum atomic E-state index is 12.1. The maximum Gasteiger partial charge on any atom is 0.410 e.